The molecule has 2 unspecified atom stereocenters. The number of rotatable bonds is 5. The van der Waals surface area contributed by atoms with Crippen LogP contribution < -0.4 is 15.5 Å². The zero-order valence-corrected chi connectivity index (χ0v) is 24.2. The number of nitrogens with zero attached hydrogens (tertiary/aromatic N) is 4. The van der Waals surface area contributed by atoms with E-state index < -0.39 is 35.8 Å². The van der Waals surface area contributed by atoms with Crippen molar-refractivity contribution < 1.29 is 33.5 Å². The molecule has 0 bridgehead atoms. The van der Waals surface area contributed by atoms with E-state index in [1.54, 1.807) is 28.0 Å². The molecule has 13 heteroatoms. The van der Waals surface area contributed by atoms with Gasteiger partial charge in [-0.2, -0.15) is 0 Å². The Hall–Kier alpha value is -4.94. The summed E-state index contributed by atoms with van der Waals surface area (Å²) < 4.78 is 5.34. The molecular weight excluding hydrogens is 568 g/mol. The predicted molar refractivity (Wildman–Crippen MR) is 157 cm³/mol. The van der Waals surface area contributed by atoms with E-state index in [-0.39, 0.29) is 42.6 Å². The van der Waals surface area contributed by atoms with Gasteiger partial charge in [0.05, 0.1) is 16.8 Å². The second-order valence-corrected chi connectivity index (χ2v) is 11.4. The average molecular weight is 603 g/mol. The molecule has 44 heavy (non-hydrogen) atoms. The largest absolute Gasteiger partial charge is 0.445 e. The number of alkyl carbamates (subject to hydrolysis) is 1. The third kappa shape index (κ3) is 5.81. The Morgan fingerprint density at radius 3 is 2.39 bits per heavy atom. The second kappa shape index (κ2) is 12.3. The number of amides is 7. The third-order valence-electron chi connectivity index (χ3n) is 8.56. The normalized spacial score (nSPS) is 22.1. The number of fused-ring (bicyclic) bond motifs is 1. The molecule has 6 rings (SSSR count). The van der Waals surface area contributed by atoms with Gasteiger partial charge in [-0.05, 0) is 37.0 Å². The molecule has 0 aromatic heterocycles. The Balaban J connectivity index is 1.04. The minimum absolute atomic E-state index is 0.0544. The fourth-order valence-electron chi connectivity index (χ4n) is 6.30. The monoisotopic (exact) mass is 602 g/mol. The molecule has 0 radical (unpaired) electrons. The molecule has 3 fully saturated rings. The zero-order chi connectivity index (χ0) is 30.8. The summed E-state index contributed by atoms with van der Waals surface area (Å²) in [6.45, 7) is 2.87. The summed E-state index contributed by atoms with van der Waals surface area (Å²) in [6.07, 6.45) is 1.14. The first-order valence-electron chi connectivity index (χ1n) is 14.9. The van der Waals surface area contributed by atoms with Crippen LogP contribution in [0.1, 0.15) is 52.0 Å². The number of urea groups is 1. The molecular formula is C31H34N6O7. The van der Waals surface area contributed by atoms with Crippen LogP contribution in [0.2, 0.25) is 0 Å². The molecule has 4 heterocycles. The first-order chi connectivity index (χ1) is 21.3. The predicted octanol–water partition coefficient (Wildman–Crippen LogP) is 1.72. The summed E-state index contributed by atoms with van der Waals surface area (Å²) in [7, 11) is 0. The third-order valence-corrected chi connectivity index (χ3v) is 8.56. The number of carbonyl (C=O) groups excluding carboxylic acids is 6. The Morgan fingerprint density at radius 1 is 0.864 bits per heavy atom. The second-order valence-electron chi connectivity index (χ2n) is 11.4. The van der Waals surface area contributed by atoms with Gasteiger partial charge in [-0.1, -0.05) is 36.4 Å². The van der Waals surface area contributed by atoms with Gasteiger partial charge in [-0.3, -0.25) is 29.4 Å². The molecule has 2 N–H and O–H groups in total. The SMILES string of the molecule is O=C1CCC(N2C(=O)c3cccc(N4CCN(C(=O)N5CCCC(NC(=O)OCc6ccccc6)C5)CC4)c3C2=O)C(=O)N1. The topological polar surface area (TPSA) is 149 Å². The molecule has 13 nitrogen and oxygen atoms in total. The molecule has 4 aliphatic rings. The van der Waals surface area contributed by atoms with Gasteiger partial charge >= 0.3 is 12.1 Å². The van der Waals surface area contributed by atoms with Crippen LogP contribution in [0, 0.1) is 0 Å². The van der Waals surface area contributed by atoms with Gasteiger partial charge in [0.1, 0.15) is 12.6 Å². The summed E-state index contributed by atoms with van der Waals surface area (Å²) in [5, 5.41) is 5.10. The van der Waals surface area contributed by atoms with Crippen molar-refractivity contribution in [2.75, 3.05) is 44.2 Å². The van der Waals surface area contributed by atoms with Crippen LogP contribution in [0.15, 0.2) is 48.5 Å². The van der Waals surface area contributed by atoms with Crippen LogP contribution in [0.4, 0.5) is 15.3 Å². The number of piperazine rings is 1. The minimum atomic E-state index is -1.03. The van der Waals surface area contributed by atoms with E-state index in [0.29, 0.717) is 45.0 Å². The highest BCUT2D eigenvalue weighted by Crippen LogP contribution is 2.34. The van der Waals surface area contributed by atoms with Gasteiger partial charge in [-0.25, -0.2) is 9.59 Å². The van der Waals surface area contributed by atoms with Crippen LogP contribution in [-0.2, 0) is 20.9 Å². The number of carbonyl (C=O) groups is 6. The quantitative estimate of drug-likeness (QED) is 0.492. The number of imide groups is 2. The van der Waals surface area contributed by atoms with Crippen molar-refractivity contribution in [3.05, 3.63) is 65.2 Å². The van der Waals surface area contributed by atoms with Gasteiger partial charge < -0.3 is 24.8 Å². The van der Waals surface area contributed by atoms with Crippen molar-refractivity contribution in [1.82, 2.24) is 25.3 Å². The van der Waals surface area contributed by atoms with Gasteiger partial charge in [0.25, 0.3) is 11.8 Å². The molecule has 0 spiro atoms. The summed E-state index contributed by atoms with van der Waals surface area (Å²) in [6, 6.07) is 13.1. The van der Waals surface area contributed by atoms with Crippen LogP contribution >= 0.6 is 0 Å². The van der Waals surface area contributed by atoms with E-state index in [1.807, 2.05) is 35.2 Å². The van der Waals surface area contributed by atoms with E-state index >= 15 is 0 Å². The lowest BCUT2D eigenvalue weighted by atomic mass is 10.0. The van der Waals surface area contributed by atoms with E-state index in [4.69, 9.17) is 4.74 Å². The first-order valence-corrected chi connectivity index (χ1v) is 14.9. The number of hydrogen-bond donors (Lipinski definition) is 2. The molecule has 230 valence electrons. The van der Waals surface area contributed by atoms with Crippen LogP contribution in [0.25, 0.3) is 0 Å². The van der Waals surface area contributed by atoms with Crippen LogP contribution in [0.5, 0.6) is 0 Å². The van der Waals surface area contributed by atoms with Crippen molar-refractivity contribution >= 4 is 41.4 Å². The van der Waals surface area contributed by atoms with E-state index in [1.165, 1.54) is 0 Å². The van der Waals surface area contributed by atoms with E-state index in [2.05, 4.69) is 10.6 Å². The Bertz CT molecular complexity index is 1490. The molecule has 0 aliphatic carbocycles. The lowest BCUT2D eigenvalue weighted by Crippen LogP contribution is -2.57. The number of nitrogens with one attached hydrogen (secondary N) is 2. The lowest BCUT2D eigenvalue weighted by Gasteiger charge is -2.41. The molecule has 2 aromatic carbocycles. The highest BCUT2D eigenvalue weighted by atomic mass is 16.5. The van der Waals surface area contributed by atoms with Crippen molar-refractivity contribution in [2.45, 2.75) is 44.4 Å². The Kier molecular flexibility index (Phi) is 8.18. The van der Waals surface area contributed by atoms with Crippen molar-refractivity contribution in [1.29, 1.82) is 0 Å². The van der Waals surface area contributed by atoms with Crippen molar-refractivity contribution in [2.24, 2.45) is 0 Å². The van der Waals surface area contributed by atoms with E-state index in [0.717, 1.165) is 23.3 Å². The highest BCUT2D eigenvalue weighted by molar-refractivity contribution is 6.25. The lowest BCUT2D eigenvalue weighted by molar-refractivity contribution is -0.136. The maximum absolute atomic E-state index is 13.5. The minimum Gasteiger partial charge on any atom is -0.445 e. The van der Waals surface area contributed by atoms with Gasteiger partial charge in [0.2, 0.25) is 11.8 Å². The molecule has 2 aromatic rings. The molecule has 7 amide bonds. The molecule has 0 saturated carbocycles. The van der Waals surface area contributed by atoms with E-state index in [9.17, 15) is 28.8 Å². The summed E-state index contributed by atoms with van der Waals surface area (Å²) in [5.74, 6) is -2.17. The molecule has 2 atom stereocenters. The van der Waals surface area contributed by atoms with Crippen LogP contribution in [0.3, 0.4) is 0 Å². The maximum Gasteiger partial charge on any atom is 0.407 e. The summed E-state index contributed by atoms with van der Waals surface area (Å²) >= 11 is 0. The number of benzene rings is 2. The van der Waals surface area contributed by atoms with Gasteiger partial charge in [-0.15, -0.1) is 0 Å². The fourth-order valence-corrected chi connectivity index (χ4v) is 6.30. The molecule has 4 aliphatic heterocycles. The molecule has 3 saturated heterocycles. The number of ether oxygens (including phenoxy) is 1. The number of hydrogen-bond acceptors (Lipinski definition) is 8. The Labute approximate surface area is 254 Å². The number of anilines is 1. The van der Waals surface area contributed by atoms with Crippen molar-refractivity contribution in [3.8, 4) is 0 Å². The maximum atomic E-state index is 13.5. The van der Waals surface area contributed by atoms with Gasteiger partial charge in [0, 0.05) is 51.7 Å². The van der Waals surface area contributed by atoms with Crippen LogP contribution in [-0.4, -0.2) is 102 Å². The standard InChI is InChI=1S/C31H34N6O7/c38-25-12-11-24(27(39)33-25)37-28(40)22-9-4-10-23(26(22)29(37)41)34-14-16-35(17-15-34)31(43)36-13-5-8-21(18-36)32-30(42)44-19-20-6-2-1-3-7-20/h1-4,6-7,9-10,21,24H,5,8,11-19H2,(H,32,42)(H,33,38,39). The number of piperidine rings is 2. The Morgan fingerprint density at radius 2 is 1.64 bits per heavy atom. The summed E-state index contributed by atoms with van der Waals surface area (Å²) in [4.78, 5) is 83.0. The van der Waals surface area contributed by atoms with Crippen molar-refractivity contribution in [3.63, 3.8) is 0 Å². The fraction of sp³-hybridized carbons (Fsp3) is 0.419. The highest BCUT2D eigenvalue weighted by Gasteiger charge is 2.46. The first kappa shape index (κ1) is 29.1. The smallest absolute Gasteiger partial charge is 0.407 e. The number of likely N-dealkylation sites (tertiary alicyclic amines) is 1. The average Bonchev–Trinajstić information content (AvgIpc) is 3.29. The zero-order valence-electron chi connectivity index (χ0n) is 24.2. The summed E-state index contributed by atoms with van der Waals surface area (Å²) in [5.41, 5.74) is 1.94. The van der Waals surface area contributed by atoms with Gasteiger partial charge in [0.15, 0.2) is 0 Å².